The first-order valence-corrected chi connectivity index (χ1v) is 6.12. The molecule has 0 aliphatic heterocycles. The number of aliphatic hydroxyl groups excluding tert-OH is 1. The van der Waals surface area contributed by atoms with Crippen LogP contribution in [-0.4, -0.2) is 33.4 Å². The van der Waals surface area contributed by atoms with E-state index >= 15 is 0 Å². The SMILES string of the molecule is CC(C(=O)NC1CCCC1CO)n1cccn1. The van der Waals surface area contributed by atoms with Gasteiger partial charge in [-0.2, -0.15) is 5.10 Å². The molecule has 3 unspecified atom stereocenters. The van der Waals surface area contributed by atoms with Gasteiger partial charge in [-0.25, -0.2) is 0 Å². The Balaban J connectivity index is 1.92. The molecule has 2 N–H and O–H groups in total. The van der Waals surface area contributed by atoms with Crippen molar-refractivity contribution in [2.45, 2.75) is 38.3 Å². The maximum atomic E-state index is 12.0. The van der Waals surface area contributed by atoms with Crippen molar-refractivity contribution in [1.29, 1.82) is 0 Å². The predicted octanol–water partition coefficient (Wildman–Crippen LogP) is 0.721. The molecule has 1 aromatic heterocycles. The summed E-state index contributed by atoms with van der Waals surface area (Å²) in [5.74, 6) is 0.183. The van der Waals surface area contributed by atoms with Crippen molar-refractivity contribution in [1.82, 2.24) is 15.1 Å². The Morgan fingerprint density at radius 3 is 3.12 bits per heavy atom. The van der Waals surface area contributed by atoms with E-state index in [2.05, 4.69) is 10.4 Å². The minimum Gasteiger partial charge on any atom is -0.396 e. The van der Waals surface area contributed by atoms with Crippen LogP contribution >= 0.6 is 0 Å². The predicted molar refractivity (Wildman–Crippen MR) is 63.3 cm³/mol. The molecule has 1 heterocycles. The van der Waals surface area contributed by atoms with E-state index in [1.54, 1.807) is 23.1 Å². The summed E-state index contributed by atoms with van der Waals surface area (Å²) in [5.41, 5.74) is 0. The highest BCUT2D eigenvalue weighted by Gasteiger charge is 2.29. The standard InChI is InChI=1S/C12H19N3O2/c1-9(15-7-3-6-13-15)12(17)14-11-5-2-4-10(11)8-16/h3,6-7,9-11,16H,2,4-5,8H2,1H3,(H,14,17). The van der Waals surface area contributed by atoms with Gasteiger partial charge in [-0.15, -0.1) is 0 Å². The van der Waals surface area contributed by atoms with Gasteiger partial charge in [0.1, 0.15) is 6.04 Å². The third kappa shape index (κ3) is 2.66. The second-order valence-corrected chi connectivity index (χ2v) is 4.65. The van der Waals surface area contributed by atoms with Crippen LogP contribution in [0.3, 0.4) is 0 Å². The van der Waals surface area contributed by atoms with E-state index in [0.717, 1.165) is 19.3 Å². The quantitative estimate of drug-likeness (QED) is 0.811. The van der Waals surface area contributed by atoms with Gasteiger partial charge in [0.15, 0.2) is 0 Å². The topological polar surface area (TPSA) is 67.2 Å². The molecular formula is C12H19N3O2. The van der Waals surface area contributed by atoms with Gasteiger partial charge in [0.25, 0.3) is 0 Å². The van der Waals surface area contributed by atoms with Gasteiger partial charge in [-0.05, 0) is 25.8 Å². The largest absolute Gasteiger partial charge is 0.396 e. The molecule has 94 valence electrons. The highest BCUT2D eigenvalue weighted by atomic mass is 16.3. The second-order valence-electron chi connectivity index (χ2n) is 4.65. The molecule has 5 nitrogen and oxygen atoms in total. The van der Waals surface area contributed by atoms with Gasteiger partial charge in [0.05, 0.1) is 0 Å². The van der Waals surface area contributed by atoms with Crippen LogP contribution < -0.4 is 5.32 Å². The van der Waals surface area contributed by atoms with Gasteiger partial charge >= 0.3 is 0 Å². The fraction of sp³-hybridized carbons (Fsp3) is 0.667. The third-order valence-corrected chi connectivity index (χ3v) is 3.52. The number of hydrogen-bond donors (Lipinski definition) is 2. The average Bonchev–Trinajstić information content (AvgIpc) is 2.98. The first kappa shape index (κ1) is 12.1. The Bertz CT molecular complexity index is 364. The number of hydrogen-bond acceptors (Lipinski definition) is 3. The molecule has 0 radical (unpaired) electrons. The van der Waals surface area contributed by atoms with Crippen LogP contribution in [0, 0.1) is 5.92 Å². The zero-order valence-corrected chi connectivity index (χ0v) is 10.0. The summed E-state index contributed by atoms with van der Waals surface area (Å²) < 4.78 is 1.64. The van der Waals surface area contributed by atoms with Crippen molar-refractivity contribution >= 4 is 5.91 Å². The molecule has 1 saturated carbocycles. The van der Waals surface area contributed by atoms with Crippen LogP contribution in [0.25, 0.3) is 0 Å². The Morgan fingerprint density at radius 1 is 1.65 bits per heavy atom. The van der Waals surface area contributed by atoms with Crippen LogP contribution in [0.1, 0.15) is 32.2 Å². The van der Waals surface area contributed by atoms with Gasteiger partial charge in [-0.1, -0.05) is 6.42 Å². The zero-order chi connectivity index (χ0) is 12.3. The Morgan fingerprint density at radius 2 is 2.47 bits per heavy atom. The van der Waals surface area contributed by atoms with Crippen LogP contribution in [-0.2, 0) is 4.79 Å². The molecule has 1 aliphatic carbocycles. The van der Waals surface area contributed by atoms with E-state index in [9.17, 15) is 9.90 Å². The first-order chi connectivity index (χ1) is 8.22. The minimum atomic E-state index is -0.301. The normalized spacial score (nSPS) is 25.8. The number of aromatic nitrogens is 2. The molecule has 1 amide bonds. The lowest BCUT2D eigenvalue weighted by molar-refractivity contribution is -0.125. The summed E-state index contributed by atoms with van der Waals surface area (Å²) in [6.07, 6.45) is 6.48. The molecule has 5 heteroatoms. The van der Waals surface area contributed by atoms with Crippen LogP contribution in [0.5, 0.6) is 0 Å². The molecule has 3 atom stereocenters. The van der Waals surface area contributed by atoms with E-state index in [0.29, 0.717) is 0 Å². The summed E-state index contributed by atoms with van der Waals surface area (Å²) in [5, 5.41) is 16.3. The zero-order valence-electron chi connectivity index (χ0n) is 10.0. The Labute approximate surface area is 101 Å². The van der Waals surface area contributed by atoms with Crippen LogP contribution in [0.4, 0.5) is 0 Å². The Hall–Kier alpha value is -1.36. The van der Waals surface area contributed by atoms with Gasteiger partial charge < -0.3 is 10.4 Å². The number of carbonyl (C=O) groups excluding carboxylic acids is 1. The summed E-state index contributed by atoms with van der Waals surface area (Å²) >= 11 is 0. The smallest absolute Gasteiger partial charge is 0.244 e. The van der Waals surface area contributed by atoms with Crippen molar-refractivity contribution in [2.75, 3.05) is 6.61 Å². The molecular weight excluding hydrogens is 218 g/mol. The summed E-state index contributed by atoms with van der Waals surface area (Å²) in [4.78, 5) is 12.0. The van der Waals surface area contributed by atoms with Crippen molar-refractivity contribution in [3.05, 3.63) is 18.5 Å². The van der Waals surface area contributed by atoms with Crippen molar-refractivity contribution < 1.29 is 9.90 Å². The number of nitrogens with one attached hydrogen (secondary N) is 1. The van der Waals surface area contributed by atoms with Crippen molar-refractivity contribution in [3.8, 4) is 0 Å². The van der Waals surface area contributed by atoms with E-state index in [1.807, 2.05) is 6.92 Å². The molecule has 17 heavy (non-hydrogen) atoms. The molecule has 1 aromatic rings. The molecule has 0 saturated heterocycles. The summed E-state index contributed by atoms with van der Waals surface area (Å²) in [7, 11) is 0. The number of carbonyl (C=O) groups is 1. The van der Waals surface area contributed by atoms with Gasteiger partial charge in [0.2, 0.25) is 5.91 Å². The van der Waals surface area contributed by atoms with Crippen LogP contribution in [0.15, 0.2) is 18.5 Å². The second kappa shape index (κ2) is 5.31. The van der Waals surface area contributed by atoms with Crippen molar-refractivity contribution in [2.24, 2.45) is 5.92 Å². The number of amides is 1. The Kier molecular flexibility index (Phi) is 3.78. The summed E-state index contributed by atoms with van der Waals surface area (Å²) in [6.45, 7) is 1.98. The number of nitrogens with zero attached hydrogens (tertiary/aromatic N) is 2. The highest BCUT2D eigenvalue weighted by Crippen LogP contribution is 2.25. The van der Waals surface area contributed by atoms with E-state index in [-0.39, 0.29) is 30.5 Å². The number of aliphatic hydroxyl groups is 1. The number of rotatable bonds is 4. The lowest BCUT2D eigenvalue weighted by Gasteiger charge is -2.21. The maximum Gasteiger partial charge on any atom is 0.244 e. The average molecular weight is 237 g/mol. The van der Waals surface area contributed by atoms with Gasteiger partial charge in [0, 0.05) is 31.0 Å². The minimum absolute atomic E-state index is 0.0287. The highest BCUT2D eigenvalue weighted by molar-refractivity contribution is 5.80. The summed E-state index contributed by atoms with van der Waals surface area (Å²) in [6, 6.07) is 1.62. The fourth-order valence-corrected chi connectivity index (χ4v) is 2.38. The lowest BCUT2D eigenvalue weighted by Crippen LogP contribution is -2.41. The van der Waals surface area contributed by atoms with Crippen LogP contribution in [0.2, 0.25) is 0 Å². The molecule has 0 aromatic carbocycles. The molecule has 1 aliphatic rings. The lowest BCUT2D eigenvalue weighted by atomic mass is 10.0. The van der Waals surface area contributed by atoms with E-state index in [4.69, 9.17) is 0 Å². The maximum absolute atomic E-state index is 12.0. The van der Waals surface area contributed by atoms with Gasteiger partial charge in [-0.3, -0.25) is 9.48 Å². The molecule has 1 fully saturated rings. The molecule has 0 spiro atoms. The molecule has 2 rings (SSSR count). The van der Waals surface area contributed by atoms with Crippen molar-refractivity contribution in [3.63, 3.8) is 0 Å². The third-order valence-electron chi connectivity index (χ3n) is 3.52. The van der Waals surface area contributed by atoms with E-state index in [1.165, 1.54) is 0 Å². The monoisotopic (exact) mass is 237 g/mol. The fourth-order valence-electron chi connectivity index (χ4n) is 2.38. The first-order valence-electron chi connectivity index (χ1n) is 6.12. The van der Waals surface area contributed by atoms with E-state index < -0.39 is 0 Å². The molecule has 0 bridgehead atoms.